The second-order valence-corrected chi connectivity index (χ2v) is 12.1. The van der Waals surface area contributed by atoms with E-state index < -0.39 is 0 Å². The first-order valence-electron chi connectivity index (χ1n) is 14.9. The standard InChI is InChI=1S/C42H28BrN/c43-37-21-18-31(19-22-37)32-14-9-15-33(24-32)34-20-23-40-39-16-7-8-17-41(39)44(42(40)28-34)38-26-35(29-10-3-1-4-11-29)25-36(27-38)30-12-5-2-6-13-30/h1-28H. The number of fused-ring (bicyclic) bond motifs is 3. The molecular formula is C42H28BrN. The summed E-state index contributed by atoms with van der Waals surface area (Å²) in [5, 5.41) is 2.50. The number of halogens is 1. The first kappa shape index (κ1) is 26.4. The Morgan fingerprint density at radius 3 is 1.48 bits per heavy atom. The van der Waals surface area contributed by atoms with Crippen LogP contribution in [0, 0.1) is 0 Å². The molecule has 0 fully saturated rings. The molecule has 1 aromatic heterocycles. The fourth-order valence-electron chi connectivity index (χ4n) is 6.28. The maximum atomic E-state index is 3.57. The van der Waals surface area contributed by atoms with Crippen LogP contribution in [-0.4, -0.2) is 4.57 Å². The minimum absolute atomic E-state index is 1.09. The highest BCUT2D eigenvalue weighted by Crippen LogP contribution is 2.38. The first-order chi connectivity index (χ1) is 21.7. The molecule has 0 N–H and O–H groups in total. The third-order valence-corrected chi connectivity index (χ3v) is 8.97. The quantitative estimate of drug-likeness (QED) is 0.179. The summed E-state index contributed by atoms with van der Waals surface area (Å²) in [7, 11) is 0. The zero-order chi connectivity index (χ0) is 29.5. The number of hydrogen-bond acceptors (Lipinski definition) is 0. The zero-order valence-corrected chi connectivity index (χ0v) is 25.6. The van der Waals surface area contributed by atoms with Gasteiger partial charge in [0.1, 0.15) is 0 Å². The highest BCUT2D eigenvalue weighted by atomic mass is 79.9. The van der Waals surface area contributed by atoms with E-state index in [1.807, 2.05) is 0 Å². The molecule has 2 heteroatoms. The highest BCUT2D eigenvalue weighted by molar-refractivity contribution is 9.10. The van der Waals surface area contributed by atoms with E-state index in [1.165, 1.54) is 66.3 Å². The van der Waals surface area contributed by atoms with Crippen molar-refractivity contribution in [2.24, 2.45) is 0 Å². The van der Waals surface area contributed by atoms with Crippen molar-refractivity contribution in [3.8, 4) is 50.2 Å². The second-order valence-electron chi connectivity index (χ2n) is 11.2. The number of rotatable bonds is 5. The van der Waals surface area contributed by atoms with Crippen LogP contribution in [0.1, 0.15) is 0 Å². The fourth-order valence-corrected chi connectivity index (χ4v) is 6.55. The van der Waals surface area contributed by atoms with E-state index in [2.05, 4.69) is 190 Å². The Kier molecular flexibility index (Phi) is 6.70. The fraction of sp³-hybridized carbons (Fsp3) is 0. The number of aromatic nitrogens is 1. The monoisotopic (exact) mass is 625 g/mol. The van der Waals surface area contributed by atoms with Crippen LogP contribution in [0.3, 0.4) is 0 Å². The van der Waals surface area contributed by atoms with Gasteiger partial charge in [-0.2, -0.15) is 0 Å². The van der Waals surface area contributed by atoms with Gasteiger partial charge in [0, 0.05) is 20.9 Å². The molecular weight excluding hydrogens is 598 g/mol. The first-order valence-corrected chi connectivity index (χ1v) is 15.7. The molecule has 7 aromatic carbocycles. The molecule has 8 aromatic rings. The van der Waals surface area contributed by atoms with Gasteiger partial charge >= 0.3 is 0 Å². The van der Waals surface area contributed by atoms with Crippen molar-refractivity contribution in [2.45, 2.75) is 0 Å². The summed E-state index contributed by atoms with van der Waals surface area (Å²) in [5.74, 6) is 0. The minimum Gasteiger partial charge on any atom is -0.309 e. The zero-order valence-electron chi connectivity index (χ0n) is 24.0. The molecule has 0 aliphatic rings. The molecule has 0 amide bonds. The number of para-hydroxylation sites is 1. The summed E-state index contributed by atoms with van der Waals surface area (Å²) in [6.07, 6.45) is 0. The number of benzene rings is 7. The molecule has 0 unspecified atom stereocenters. The van der Waals surface area contributed by atoms with Crippen LogP contribution >= 0.6 is 15.9 Å². The topological polar surface area (TPSA) is 4.93 Å². The molecule has 0 bridgehead atoms. The Morgan fingerprint density at radius 2 is 0.795 bits per heavy atom. The summed E-state index contributed by atoms with van der Waals surface area (Å²) < 4.78 is 3.52. The van der Waals surface area contributed by atoms with Gasteiger partial charge in [0.05, 0.1) is 11.0 Å². The van der Waals surface area contributed by atoms with Gasteiger partial charge in [-0.3, -0.25) is 0 Å². The summed E-state index contributed by atoms with van der Waals surface area (Å²) in [4.78, 5) is 0. The van der Waals surface area contributed by atoms with Crippen molar-refractivity contribution in [2.75, 3.05) is 0 Å². The number of hydrogen-bond donors (Lipinski definition) is 0. The minimum atomic E-state index is 1.09. The predicted octanol–water partition coefficient (Wildman–Crippen LogP) is 12.2. The maximum absolute atomic E-state index is 3.57. The summed E-state index contributed by atoms with van der Waals surface area (Å²) in [5.41, 5.74) is 13.2. The lowest BCUT2D eigenvalue weighted by Gasteiger charge is -2.14. The van der Waals surface area contributed by atoms with Crippen LogP contribution in [0.25, 0.3) is 72.0 Å². The van der Waals surface area contributed by atoms with Crippen LogP contribution in [-0.2, 0) is 0 Å². The number of nitrogens with zero attached hydrogens (tertiary/aromatic N) is 1. The van der Waals surface area contributed by atoms with Crippen molar-refractivity contribution < 1.29 is 0 Å². The van der Waals surface area contributed by atoms with Crippen molar-refractivity contribution in [1.29, 1.82) is 0 Å². The Hall–Kier alpha value is -5.18. The third kappa shape index (κ3) is 4.84. The van der Waals surface area contributed by atoms with Gasteiger partial charge in [-0.05, 0) is 93.0 Å². The van der Waals surface area contributed by atoms with E-state index >= 15 is 0 Å². The normalized spacial score (nSPS) is 11.3. The van der Waals surface area contributed by atoms with Gasteiger partial charge in [-0.25, -0.2) is 0 Å². The molecule has 0 aliphatic heterocycles. The molecule has 208 valence electrons. The Morgan fingerprint density at radius 1 is 0.318 bits per heavy atom. The van der Waals surface area contributed by atoms with E-state index in [9.17, 15) is 0 Å². The van der Waals surface area contributed by atoms with Gasteiger partial charge in [-0.15, -0.1) is 0 Å². The average molecular weight is 627 g/mol. The summed E-state index contributed by atoms with van der Waals surface area (Å²) in [6.45, 7) is 0. The molecule has 0 radical (unpaired) electrons. The van der Waals surface area contributed by atoms with E-state index in [0.717, 1.165) is 10.2 Å². The SMILES string of the molecule is Brc1ccc(-c2cccc(-c3ccc4c5ccccc5n(-c5cc(-c6ccccc6)cc(-c6ccccc6)c5)c4c3)c2)cc1. The Balaban J connectivity index is 1.35. The largest absolute Gasteiger partial charge is 0.309 e. The molecule has 1 heterocycles. The van der Waals surface area contributed by atoms with Gasteiger partial charge < -0.3 is 4.57 Å². The van der Waals surface area contributed by atoms with E-state index in [4.69, 9.17) is 0 Å². The van der Waals surface area contributed by atoms with Crippen molar-refractivity contribution >= 4 is 37.7 Å². The van der Waals surface area contributed by atoms with Crippen LogP contribution in [0.2, 0.25) is 0 Å². The maximum Gasteiger partial charge on any atom is 0.0547 e. The molecule has 44 heavy (non-hydrogen) atoms. The highest BCUT2D eigenvalue weighted by Gasteiger charge is 2.15. The van der Waals surface area contributed by atoms with E-state index in [0.29, 0.717) is 0 Å². The Bertz CT molecular complexity index is 2200. The van der Waals surface area contributed by atoms with Crippen molar-refractivity contribution in [1.82, 2.24) is 4.57 Å². The molecule has 0 spiro atoms. The summed E-state index contributed by atoms with van der Waals surface area (Å²) >= 11 is 3.57. The smallest absolute Gasteiger partial charge is 0.0547 e. The third-order valence-electron chi connectivity index (χ3n) is 8.44. The predicted molar refractivity (Wildman–Crippen MR) is 190 cm³/mol. The Labute approximate surface area is 265 Å². The van der Waals surface area contributed by atoms with Gasteiger partial charge in [0.2, 0.25) is 0 Å². The average Bonchev–Trinajstić information content (AvgIpc) is 3.43. The van der Waals surface area contributed by atoms with Crippen LogP contribution in [0.4, 0.5) is 0 Å². The van der Waals surface area contributed by atoms with Gasteiger partial charge in [0.25, 0.3) is 0 Å². The lowest BCUT2D eigenvalue weighted by molar-refractivity contribution is 1.18. The molecule has 8 rings (SSSR count). The van der Waals surface area contributed by atoms with E-state index in [1.54, 1.807) is 0 Å². The molecule has 0 atom stereocenters. The van der Waals surface area contributed by atoms with E-state index in [-0.39, 0.29) is 0 Å². The molecule has 1 nitrogen and oxygen atoms in total. The lowest BCUT2D eigenvalue weighted by Crippen LogP contribution is -1.96. The van der Waals surface area contributed by atoms with Crippen LogP contribution in [0.5, 0.6) is 0 Å². The van der Waals surface area contributed by atoms with Crippen LogP contribution in [0.15, 0.2) is 174 Å². The van der Waals surface area contributed by atoms with Gasteiger partial charge in [-0.1, -0.05) is 137 Å². The molecule has 0 saturated carbocycles. The molecule has 0 aliphatic carbocycles. The van der Waals surface area contributed by atoms with Crippen LogP contribution < -0.4 is 0 Å². The molecule has 0 saturated heterocycles. The van der Waals surface area contributed by atoms with Crippen molar-refractivity contribution in [3.63, 3.8) is 0 Å². The summed E-state index contributed by atoms with van der Waals surface area (Å²) in [6, 6.07) is 61.3. The second kappa shape index (κ2) is 11.1. The lowest BCUT2D eigenvalue weighted by atomic mass is 9.97. The van der Waals surface area contributed by atoms with Gasteiger partial charge in [0.15, 0.2) is 0 Å². The van der Waals surface area contributed by atoms with Crippen molar-refractivity contribution in [3.05, 3.63) is 174 Å².